The molecule has 0 aliphatic rings. The molecule has 0 fully saturated rings. The number of hydrogen-bond donors (Lipinski definition) is 1. The van der Waals surface area contributed by atoms with E-state index in [-0.39, 0.29) is 0 Å². The summed E-state index contributed by atoms with van der Waals surface area (Å²) in [5.41, 5.74) is 2.37. The summed E-state index contributed by atoms with van der Waals surface area (Å²) in [5.74, 6) is -0.869. The van der Waals surface area contributed by atoms with Crippen LogP contribution in [0.2, 0.25) is 0 Å². The molecule has 1 aromatic heterocycles. The van der Waals surface area contributed by atoms with Crippen LogP contribution in [0.25, 0.3) is 0 Å². The molecule has 17 heavy (non-hydrogen) atoms. The first kappa shape index (κ1) is 11.3. The van der Waals surface area contributed by atoms with Crippen LogP contribution in [0.15, 0.2) is 48.8 Å². The van der Waals surface area contributed by atoms with Crippen LogP contribution in [0.3, 0.4) is 0 Å². The predicted molar refractivity (Wildman–Crippen MR) is 65.0 cm³/mol. The molecular weight excluding hydrogens is 214 g/mol. The van der Waals surface area contributed by atoms with Gasteiger partial charge >= 0.3 is 5.97 Å². The number of aromatic carboxylic acids is 1. The molecule has 3 heteroatoms. The molecule has 1 heterocycles. The van der Waals surface area contributed by atoms with Crippen molar-refractivity contribution >= 4 is 5.97 Å². The number of carbonyl (C=O) groups is 1. The summed E-state index contributed by atoms with van der Waals surface area (Å²) >= 11 is 0. The van der Waals surface area contributed by atoms with E-state index in [1.807, 2.05) is 30.5 Å². The highest BCUT2D eigenvalue weighted by Crippen LogP contribution is 2.12. The van der Waals surface area contributed by atoms with Gasteiger partial charge in [-0.1, -0.05) is 24.3 Å². The maximum atomic E-state index is 11.0. The first-order valence-electron chi connectivity index (χ1n) is 5.47. The van der Waals surface area contributed by atoms with Crippen LogP contribution in [-0.4, -0.2) is 16.1 Å². The van der Waals surface area contributed by atoms with Crippen LogP contribution in [0.1, 0.15) is 21.5 Å². The Kier molecular flexibility index (Phi) is 3.50. The highest BCUT2D eigenvalue weighted by atomic mass is 16.4. The predicted octanol–water partition coefficient (Wildman–Crippen LogP) is 2.57. The lowest BCUT2D eigenvalue weighted by molar-refractivity contribution is 0.0695. The number of carboxylic acids is 1. The van der Waals surface area contributed by atoms with E-state index in [9.17, 15) is 4.79 Å². The van der Waals surface area contributed by atoms with Gasteiger partial charge in [0.15, 0.2) is 0 Å². The number of carboxylic acid groups (broad SMARTS) is 1. The summed E-state index contributed by atoms with van der Waals surface area (Å²) < 4.78 is 0. The van der Waals surface area contributed by atoms with Crippen LogP contribution < -0.4 is 0 Å². The average molecular weight is 227 g/mol. The molecule has 0 atom stereocenters. The van der Waals surface area contributed by atoms with Gasteiger partial charge in [-0.3, -0.25) is 4.98 Å². The summed E-state index contributed by atoms with van der Waals surface area (Å²) in [6.45, 7) is 0. The minimum atomic E-state index is -0.869. The van der Waals surface area contributed by atoms with E-state index >= 15 is 0 Å². The van der Waals surface area contributed by atoms with Crippen molar-refractivity contribution in [2.75, 3.05) is 0 Å². The molecule has 0 aliphatic carbocycles. The van der Waals surface area contributed by atoms with Crippen LogP contribution >= 0.6 is 0 Å². The van der Waals surface area contributed by atoms with Crippen LogP contribution in [0, 0.1) is 0 Å². The van der Waals surface area contributed by atoms with Crippen molar-refractivity contribution in [2.24, 2.45) is 0 Å². The average Bonchev–Trinajstić information content (AvgIpc) is 2.38. The van der Waals surface area contributed by atoms with Gasteiger partial charge in [-0.25, -0.2) is 4.79 Å². The largest absolute Gasteiger partial charge is 0.478 e. The molecule has 0 bridgehead atoms. The maximum Gasteiger partial charge on any atom is 0.335 e. The van der Waals surface area contributed by atoms with Gasteiger partial charge in [0.25, 0.3) is 0 Å². The second kappa shape index (κ2) is 5.25. The summed E-state index contributed by atoms with van der Waals surface area (Å²) in [7, 11) is 0. The Balaban J connectivity index is 2.12. The number of aryl methyl sites for hydroxylation is 2. The zero-order chi connectivity index (χ0) is 12.1. The van der Waals surface area contributed by atoms with E-state index in [0.717, 1.165) is 17.5 Å². The van der Waals surface area contributed by atoms with E-state index in [1.165, 1.54) is 0 Å². The standard InChI is InChI=1S/C14H13NO2/c16-14(17)13-6-2-1-5-12(13)8-7-11-4-3-9-15-10-11/h1-6,9-10H,7-8H2,(H,16,17). The number of benzene rings is 1. The molecule has 2 rings (SSSR count). The molecule has 3 nitrogen and oxygen atoms in total. The van der Waals surface area contributed by atoms with Gasteiger partial charge in [0.1, 0.15) is 0 Å². The monoisotopic (exact) mass is 227 g/mol. The Bertz CT molecular complexity index is 509. The molecule has 2 aromatic rings. The van der Waals surface area contributed by atoms with Gasteiger partial charge in [-0.15, -0.1) is 0 Å². The van der Waals surface area contributed by atoms with E-state index in [4.69, 9.17) is 5.11 Å². The van der Waals surface area contributed by atoms with Crippen molar-refractivity contribution in [3.05, 3.63) is 65.5 Å². The molecule has 0 spiro atoms. The van der Waals surface area contributed by atoms with Crippen molar-refractivity contribution in [2.45, 2.75) is 12.8 Å². The molecule has 0 amide bonds. The molecular formula is C14H13NO2. The first-order chi connectivity index (χ1) is 8.27. The Morgan fingerprint density at radius 1 is 1.12 bits per heavy atom. The molecule has 86 valence electrons. The van der Waals surface area contributed by atoms with Crippen molar-refractivity contribution in [1.82, 2.24) is 4.98 Å². The van der Waals surface area contributed by atoms with Gasteiger partial charge in [-0.05, 0) is 36.1 Å². The number of rotatable bonds is 4. The minimum absolute atomic E-state index is 0.386. The van der Waals surface area contributed by atoms with Crippen LogP contribution in [0.4, 0.5) is 0 Å². The lowest BCUT2D eigenvalue weighted by Gasteiger charge is -2.05. The van der Waals surface area contributed by atoms with Gasteiger partial charge in [-0.2, -0.15) is 0 Å². The number of aromatic nitrogens is 1. The zero-order valence-corrected chi connectivity index (χ0v) is 9.34. The van der Waals surface area contributed by atoms with E-state index in [0.29, 0.717) is 12.0 Å². The Morgan fingerprint density at radius 3 is 2.65 bits per heavy atom. The molecule has 0 unspecified atom stereocenters. The van der Waals surface area contributed by atoms with E-state index < -0.39 is 5.97 Å². The fourth-order valence-corrected chi connectivity index (χ4v) is 1.77. The molecule has 0 saturated heterocycles. The van der Waals surface area contributed by atoms with Crippen LogP contribution in [-0.2, 0) is 12.8 Å². The SMILES string of the molecule is O=C(O)c1ccccc1CCc1cccnc1. The normalized spacial score (nSPS) is 10.1. The summed E-state index contributed by atoms with van der Waals surface area (Å²) in [6.07, 6.45) is 5.06. The Morgan fingerprint density at radius 2 is 1.94 bits per heavy atom. The van der Waals surface area contributed by atoms with Crippen molar-refractivity contribution in [3.63, 3.8) is 0 Å². The summed E-state index contributed by atoms with van der Waals surface area (Å²) in [5, 5.41) is 9.05. The van der Waals surface area contributed by atoms with Gasteiger partial charge in [0.2, 0.25) is 0 Å². The summed E-state index contributed by atoms with van der Waals surface area (Å²) in [6, 6.07) is 11.0. The smallest absolute Gasteiger partial charge is 0.335 e. The summed E-state index contributed by atoms with van der Waals surface area (Å²) in [4.78, 5) is 15.1. The van der Waals surface area contributed by atoms with Crippen molar-refractivity contribution < 1.29 is 9.90 Å². The maximum absolute atomic E-state index is 11.0. The molecule has 0 aliphatic heterocycles. The first-order valence-corrected chi connectivity index (χ1v) is 5.47. The quantitative estimate of drug-likeness (QED) is 0.873. The number of hydrogen-bond acceptors (Lipinski definition) is 2. The second-order valence-electron chi connectivity index (χ2n) is 3.82. The lowest BCUT2D eigenvalue weighted by Crippen LogP contribution is -2.03. The zero-order valence-electron chi connectivity index (χ0n) is 9.34. The third kappa shape index (κ3) is 2.91. The Labute approximate surface area is 99.8 Å². The fraction of sp³-hybridized carbons (Fsp3) is 0.143. The van der Waals surface area contributed by atoms with Crippen molar-refractivity contribution in [1.29, 1.82) is 0 Å². The topological polar surface area (TPSA) is 50.2 Å². The molecule has 1 aromatic carbocycles. The van der Waals surface area contributed by atoms with Gasteiger partial charge in [0, 0.05) is 12.4 Å². The molecule has 0 saturated carbocycles. The fourth-order valence-electron chi connectivity index (χ4n) is 1.77. The third-order valence-corrected chi connectivity index (χ3v) is 2.65. The van der Waals surface area contributed by atoms with Gasteiger partial charge in [0.05, 0.1) is 5.56 Å². The molecule has 0 radical (unpaired) electrons. The van der Waals surface area contributed by atoms with Crippen LogP contribution in [0.5, 0.6) is 0 Å². The number of nitrogens with zero attached hydrogens (tertiary/aromatic N) is 1. The number of pyridine rings is 1. The highest BCUT2D eigenvalue weighted by Gasteiger charge is 2.08. The minimum Gasteiger partial charge on any atom is -0.478 e. The van der Waals surface area contributed by atoms with E-state index in [2.05, 4.69) is 4.98 Å². The second-order valence-corrected chi connectivity index (χ2v) is 3.82. The highest BCUT2D eigenvalue weighted by molar-refractivity contribution is 5.89. The van der Waals surface area contributed by atoms with Gasteiger partial charge < -0.3 is 5.11 Å². The van der Waals surface area contributed by atoms with Crippen molar-refractivity contribution in [3.8, 4) is 0 Å². The van der Waals surface area contributed by atoms with E-state index in [1.54, 1.807) is 18.3 Å². The molecule has 1 N–H and O–H groups in total. The third-order valence-electron chi connectivity index (χ3n) is 2.65. The Hall–Kier alpha value is -2.16. The lowest BCUT2D eigenvalue weighted by atomic mass is 10.0.